The van der Waals surface area contributed by atoms with Gasteiger partial charge >= 0.3 is 0 Å². The maximum Gasteiger partial charge on any atom is 0.226 e. The molecule has 0 radical (unpaired) electrons. The number of aromatic nitrogens is 2. The Kier molecular flexibility index (Phi) is 5.13. The van der Waals surface area contributed by atoms with Gasteiger partial charge in [0, 0.05) is 13.0 Å². The number of carbonyl (C=O) groups is 1. The van der Waals surface area contributed by atoms with Crippen molar-refractivity contribution in [1.29, 1.82) is 0 Å². The van der Waals surface area contributed by atoms with Crippen molar-refractivity contribution in [1.82, 2.24) is 10.2 Å². The lowest BCUT2D eigenvalue weighted by atomic mass is 10.1. The summed E-state index contributed by atoms with van der Waals surface area (Å²) >= 11 is 1.41. The van der Waals surface area contributed by atoms with Crippen LogP contribution in [-0.2, 0) is 16.0 Å². The molecule has 0 spiro atoms. The molecule has 1 fully saturated rings. The van der Waals surface area contributed by atoms with Crippen LogP contribution in [0.2, 0.25) is 0 Å². The maximum atomic E-state index is 11.9. The molecule has 5 nitrogen and oxygen atoms in total. The van der Waals surface area contributed by atoms with Crippen LogP contribution >= 0.6 is 11.3 Å². The second-order valence-corrected chi connectivity index (χ2v) is 6.34. The number of aryl methyl sites for hydroxylation is 1. The Bertz CT molecular complexity index is 609. The lowest BCUT2D eigenvalue weighted by Crippen LogP contribution is -2.11. The summed E-state index contributed by atoms with van der Waals surface area (Å²) < 4.78 is 5.57. The first-order valence-corrected chi connectivity index (χ1v) is 8.42. The van der Waals surface area contributed by atoms with Gasteiger partial charge in [0.05, 0.1) is 0 Å². The molecule has 1 unspecified atom stereocenters. The van der Waals surface area contributed by atoms with Gasteiger partial charge in [0.25, 0.3) is 0 Å². The van der Waals surface area contributed by atoms with E-state index in [1.54, 1.807) is 0 Å². The zero-order chi connectivity index (χ0) is 15.2. The van der Waals surface area contributed by atoms with Gasteiger partial charge in [-0.3, -0.25) is 4.79 Å². The minimum atomic E-state index is -0.00836. The molecule has 3 rings (SSSR count). The number of amides is 1. The van der Waals surface area contributed by atoms with Gasteiger partial charge < -0.3 is 10.1 Å². The summed E-state index contributed by atoms with van der Waals surface area (Å²) in [5.74, 6) is -0.00836. The second kappa shape index (κ2) is 7.47. The van der Waals surface area contributed by atoms with Crippen LogP contribution in [0.5, 0.6) is 0 Å². The van der Waals surface area contributed by atoms with E-state index in [0.717, 1.165) is 37.3 Å². The van der Waals surface area contributed by atoms with E-state index in [1.165, 1.54) is 16.9 Å². The van der Waals surface area contributed by atoms with Gasteiger partial charge in [-0.25, -0.2) is 0 Å². The third-order valence-electron chi connectivity index (χ3n) is 3.60. The summed E-state index contributed by atoms with van der Waals surface area (Å²) in [6, 6.07) is 10.2. The lowest BCUT2D eigenvalue weighted by Gasteiger charge is -2.03. The molecule has 1 aromatic heterocycles. The van der Waals surface area contributed by atoms with Gasteiger partial charge in [0.2, 0.25) is 11.0 Å². The molecule has 0 aliphatic carbocycles. The standard InChI is InChI=1S/C16H19N3O2S/c20-14(10-4-8-12-6-2-1-3-7-12)17-16-19-18-15(22-16)13-9-5-11-21-13/h1-3,6-7,13H,4-5,8-11H2,(H,17,19,20). The molecule has 6 heteroatoms. The molecule has 22 heavy (non-hydrogen) atoms. The molecule has 2 aromatic rings. The van der Waals surface area contributed by atoms with Gasteiger partial charge in [-0.15, -0.1) is 10.2 Å². The third-order valence-corrected chi connectivity index (χ3v) is 4.53. The molecule has 1 atom stereocenters. The number of nitrogens with one attached hydrogen (secondary N) is 1. The number of hydrogen-bond acceptors (Lipinski definition) is 5. The van der Waals surface area contributed by atoms with Gasteiger partial charge in [-0.05, 0) is 31.2 Å². The molecule has 2 heterocycles. The smallest absolute Gasteiger partial charge is 0.226 e. The number of anilines is 1. The van der Waals surface area contributed by atoms with Crippen molar-refractivity contribution in [2.45, 2.75) is 38.2 Å². The Morgan fingerprint density at radius 3 is 2.95 bits per heavy atom. The number of benzene rings is 1. The van der Waals surface area contributed by atoms with E-state index < -0.39 is 0 Å². The van der Waals surface area contributed by atoms with Crippen molar-refractivity contribution in [3.63, 3.8) is 0 Å². The Balaban J connectivity index is 1.43. The van der Waals surface area contributed by atoms with Gasteiger partial charge in [0.15, 0.2) is 0 Å². The monoisotopic (exact) mass is 317 g/mol. The fourth-order valence-corrected chi connectivity index (χ4v) is 3.31. The van der Waals surface area contributed by atoms with E-state index in [2.05, 4.69) is 27.6 Å². The molecule has 1 saturated heterocycles. The molecule has 1 N–H and O–H groups in total. The van der Waals surface area contributed by atoms with Crippen molar-refractivity contribution in [3.05, 3.63) is 40.9 Å². The Morgan fingerprint density at radius 2 is 2.18 bits per heavy atom. The minimum absolute atomic E-state index is 0.00836. The summed E-state index contributed by atoms with van der Waals surface area (Å²) in [5.41, 5.74) is 1.26. The topological polar surface area (TPSA) is 64.1 Å². The van der Waals surface area contributed by atoms with Gasteiger partial charge in [-0.1, -0.05) is 41.7 Å². The van der Waals surface area contributed by atoms with E-state index in [9.17, 15) is 4.79 Å². The molecule has 116 valence electrons. The molecular formula is C16H19N3O2S. The highest BCUT2D eigenvalue weighted by Crippen LogP contribution is 2.31. The van der Waals surface area contributed by atoms with Crippen LogP contribution in [0.3, 0.4) is 0 Å². The molecule has 0 bridgehead atoms. The highest BCUT2D eigenvalue weighted by Gasteiger charge is 2.22. The van der Waals surface area contributed by atoms with E-state index in [1.807, 2.05) is 18.2 Å². The van der Waals surface area contributed by atoms with Crippen LogP contribution in [-0.4, -0.2) is 22.7 Å². The summed E-state index contributed by atoms with van der Waals surface area (Å²) in [6.45, 7) is 0.783. The van der Waals surface area contributed by atoms with Crippen molar-refractivity contribution in [3.8, 4) is 0 Å². The SMILES string of the molecule is O=C(CCCc1ccccc1)Nc1nnc(C2CCCO2)s1. The first kappa shape index (κ1) is 15.1. The average Bonchev–Trinajstić information content (AvgIpc) is 3.19. The predicted octanol–water partition coefficient (Wildman–Crippen LogP) is 3.35. The van der Waals surface area contributed by atoms with Gasteiger partial charge in [-0.2, -0.15) is 0 Å². The van der Waals surface area contributed by atoms with Crippen LogP contribution in [0, 0.1) is 0 Å². The minimum Gasteiger partial charge on any atom is -0.371 e. The average molecular weight is 317 g/mol. The highest BCUT2D eigenvalue weighted by molar-refractivity contribution is 7.15. The Hall–Kier alpha value is -1.79. The van der Waals surface area contributed by atoms with E-state index in [0.29, 0.717) is 11.6 Å². The van der Waals surface area contributed by atoms with E-state index in [-0.39, 0.29) is 12.0 Å². The first-order chi connectivity index (χ1) is 10.8. The number of ether oxygens (including phenoxy) is 1. The molecule has 1 aromatic carbocycles. The first-order valence-electron chi connectivity index (χ1n) is 7.60. The fraction of sp³-hybridized carbons (Fsp3) is 0.438. The Labute approximate surface area is 133 Å². The maximum absolute atomic E-state index is 11.9. The largest absolute Gasteiger partial charge is 0.371 e. The van der Waals surface area contributed by atoms with Crippen LogP contribution in [0.4, 0.5) is 5.13 Å². The van der Waals surface area contributed by atoms with Crippen LogP contribution in [0.1, 0.15) is 42.4 Å². The number of carbonyl (C=O) groups excluding carboxylic acids is 1. The summed E-state index contributed by atoms with van der Waals surface area (Å²) in [7, 11) is 0. The molecule has 1 aliphatic rings. The quantitative estimate of drug-likeness (QED) is 0.887. The summed E-state index contributed by atoms with van der Waals surface area (Å²) in [6.07, 6.45) is 4.33. The molecule has 1 amide bonds. The van der Waals surface area contributed by atoms with Crippen LogP contribution < -0.4 is 5.32 Å². The number of rotatable bonds is 6. The highest BCUT2D eigenvalue weighted by atomic mass is 32.1. The van der Waals surface area contributed by atoms with E-state index >= 15 is 0 Å². The number of hydrogen-bond donors (Lipinski definition) is 1. The fourth-order valence-electron chi connectivity index (χ4n) is 2.47. The zero-order valence-corrected chi connectivity index (χ0v) is 13.1. The van der Waals surface area contributed by atoms with Crippen LogP contribution in [0.25, 0.3) is 0 Å². The molecule has 1 aliphatic heterocycles. The van der Waals surface area contributed by atoms with Crippen LogP contribution in [0.15, 0.2) is 30.3 Å². The van der Waals surface area contributed by atoms with Crippen molar-refractivity contribution >= 4 is 22.4 Å². The second-order valence-electron chi connectivity index (χ2n) is 5.33. The van der Waals surface area contributed by atoms with Crippen molar-refractivity contribution in [2.24, 2.45) is 0 Å². The normalized spacial score (nSPS) is 17.5. The number of nitrogens with zero attached hydrogens (tertiary/aromatic N) is 2. The van der Waals surface area contributed by atoms with E-state index in [4.69, 9.17) is 4.74 Å². The molecule has 0 saturated carbocycles. The molecular weight excluding hydrogens is 298 g/mol. The predicted molar refractivity (Wildman–Crippen MR) is 85.8 cm³/mol. The Morgan fingerprint density at radius 1 is 1.32 bits per heavy atom. The summed E-state index contributed by atoms with van der Waals surface area (Å²) in [4.78, 5) is 11.9. The lowest BCUT2D eigenvalue weighted by molar-refractivity contribution is -0.116. The third kappa shape index (κ3) is 4.11. The summed E-state index contributed by atoms with van der Waals surface area (Å²) in [5, 5.41) is 12.4. The van der Waals surface area contributed by atoms with Gasteiger partial charge in [0.1, 0.15) is 11.1 Å². The zero-order valence-electron chi connectivity index (χ0n) is 12.3. The van der Waals surface area contributed by atoms with Crippen molar-refractivity contribution < 1.29 is 9.53 Å². The van der Waals surface area contributed by atoms with Crippen molar-refractivity contribution in [2.75, 3.05) is 11.9 Å².